The molecule has 2 heterocycles. The molecule has 2 aliphatic heterocycles. The van der Waals surface area contributed by atoms with Crippen LogP contribution in [0.4, 0.5) is 46.5 Å². The van der Waals surface area contributed by atoms with Crippen LogP contribution < -0.4 is 10.0 Å². The maximum atomic E-state index is 15.8. The average Bonchev–Trinajstić information content (AvgIpc) is 3.59. The van der Waals surface area contributed by atoms with E-state index in [9.17, 15) is 66.4 Å². The lowest BCUT2D eigenvalue weighted by molar-refractivity contribution is -0.441. The largest absolute Gasteiger partial charge is 0.550 e. The van der Waals surface area contributed by atoms with Crippen LogP contribution in [0.1, 0.15) is 102 Å². The van der Waals surface area contributed by atoms with Gasteiger partial charge in [-0.2, -0.15) is 34.2 Å². The first-order valence-corrected chi connectivity index (χ1v) is 25.2. The molecule has 362 valence electrons. The zero-order chi connectivity index (χ0) is 48.9. The molecule has 0 spiro atoms. The van der Waals surface area contributed by atoms with Crippen LogP contribution in [0.5, 0.6) is 0 Å². The number of unbranched alkanes of at least 4 members (excludes halogenated alkanes) is 5. The van der Waals surface area contributed by atoms with E-state index in [1.54, 1.807) is 0 Å². The Labute approximate surface area is 371 Å². The van der Waals surface area contributed by atoms with Crippen molar-refractivity contribution in [3.63, 3.8) is 0 Å². The van der Waals surface area contributed by atoms with E-state index >= 15 is 17.6 Å². The quantitative estimate of drug-likeness (QED) is 0.0184. The van der Waals surface area contributed by atoms with Crippen molar-refractivity contribution < 1.29 is 88.5 Å². The predicted molar refractivity (Wildman–Crippen MR) is 220 cm³/mol. The fraction of sp³-hybridized carbons (Fsp3) is 0.512. The summed E-state index contributed by atoms with van der Waals surface area (Å²) in [5.74, 6) is -19.2. The third-order valence-electron chi connectivity index (χ3n) is 11.5. The van der Waals surface area contributed by atoms with Crippen LogP contribution in [0.3, 0.4) is 0 Å². The second-order valence-corrected chi connectivity index (χ2v) is 21.0. The Bertz CT molecular complexity index is 2640. The van der Waals surface area contributed by atoms with Crippen molar-refractivity contribution in [2.75, 3.05) is 35.2 Å². The van der Waals surface area contributed by atoms with Crippen molar-refractivity contribution in [1.29, 1.82) is 0 Å². The number of aliphatic carboxylic acids is 1. The normalized spacial score (nSPS) is 19.7. The molecule has 2 aromatic carbocycles. The number of anilines is 1. The number of rotatable bonds is 24. The number of halogens is 8. The van der Waals surface area contributed by atoms with Crippen molar-refractivity contribution >= 4 is 53.4 Å². The van der Waals surface area contributed by atoms with E-state index in [0.717, 1.165) is 4.90 Å². The Morgan fingerprint density at radius 2 is 1.09 bits per heavy atom. The molecule has 3 N–H and O–H groups in total. The lowest BCUT2D eigenvalue weighted by Crippen LogP contribution is -2.32. The van der Waals surface area contributed by atoms with Gasteiger partial charge in [0.25, 0.3) is 36.0 Å². The second kappa shape index (κ2) is 21.2. The fourth-order valence-electron chi connectivity index (χ4n) is 8.52. The highest BCUT2D eigenvalue weighted by Gasteiger charge is 2.53. The van der Waals surface area contributed by atoms with Crippen molar-refractivity contribution in [2.24, 2.45) is 0 Å². The molecule has 0 fully saturated rings. The summed E-state index contributed by atoms with van der Waals surface area (Å²) in [4.78, 5) is 12.0. The number of allylic oxidation sites excluding steroid dienone is 6. The fourth-order valence-corrected chi connectivity index (χ4v) is 10.2. The predicted octanol–water partition coefficient (Wildman–Crippen LogP) is 7.02. The molecule has 65 heavy (non-hydrogen) atoms. The van der Waals surface area contributed by atoms with Crippen LogP contribution in [0, 0.1) is 46.5 Å². The molecule has 0 amide bonds. The number of carboxylic acid groups (broad SMARTS) is 1. The van der Waals surface area contributed by atoms with Gasteiger partial charge >= 0.3 is 0 Å². The molecule has 0 aromatic heterocycles. The number of hydrogen-bond acceptors (Lipinski definition) is 9. The van der Waals surface area contributed by atoms with Gasteiger partial charge in [0.05, 0.1) is 33.9 Å². The molecular weight excluding hydrogens is 945 g/mol. The molecule has 2 unspecified atom stereocenters. The first-order chi connectivity index (χ1) is 30.1. The number of carbonyl (C=O) groups excluding carboxylic acids is 1. The highest BCUT2D eigenvalue weighted by atomic mass is 32.2. The summed E-state index contributed by atoms with van der Waals surface area (Å²) in [6.07, 6.45) is 5.13. The van der Waals surface area contributed by atoms with Crippen molar-refractivity contribution in [3.05, 3.63) is 93.7 Å². The third kappa shape index (κ3) is 12.6. The summed E-state index contributed by atoms with van der Waals surface area (Å²) in [6, 6.07) is 0. The summed E-state index contributed by atoms with van der Waals surface area (Å²) in [6.45, 7) is 2.15. The van der Waals surface area contributed by atoms with Crippen molar-refractivity contribution in [3.8, 4) is 0 Å². The number of fused-ring (bicyclic) bond motifs is 2. The first kappa shape index (κ1) is 53.4. The van der Waals surface area contributed by atoms with Gasteiger partial charge in [-0.25, -0.2) is 30.7 Å². The van der Waals surface area contributed by atoms with Gasteiger partial charge in [0, 0.05) is 41.7 Å². The lowest BCUT2D eigenvalue weighted by Gasteiger charge is -2.30. The van der Waals surface area contributed by atoms with E-state index < -0.39 is 133 Å². The van der Waals surface area contributed by atoms with Gasteiger partial charge in [-0.1, -0.05) is 31.1 Å². The Morgan fingerprint density at radius 3 is 1.63 bits per heavy atom. The Balaban J connectivity index is 1.87. The average molecular weight is 993 g/mol. The minimum Gasteiger partial charge on any atom is -0.550 e. The van der Waals surface area contributed by atoms with Gasteiger partial charge in [-0.15, -0.1) is 0 Å². The smallest absolute Gasteiger partial charge is 0.264 e. The third-order valence-corrected chi connectivity index (χ3v) is 13.9. The van der Waals surface area contributed by atoms with Crippen LogP contribution in [-0.4, -0.2) is 85.5 Å². The Kier molecular flexibility index (Phi) is 17.4. The molecule has 0 radical (unpaired) electrons. The van der Waals surface area contributed by atoms with E-state index in [0.29, 0.717) is 0 Å². The van der Waals surface area contributed by atoms with E-state index in [4.69, 9.17) is 0 Å². The summed E-state index contributed by atoms with van der Waals surface area (Å²) in [5, 5.41) is 11.0. The minimum absolute atomic E-state index is 0.0310. The molecule has 24 heteroatoms. The highest BCUT2D eigenvalue weighted by Crippen LogP contribution is 2.54. The Morgan fingerprint density at radius 1 is 0.600 bits per heavy atom. The molecule has 4 rings (SSSR count). The van der Waals surface area contributed by atoms with Gasteiger partial charge < -0.3 is 14.8 Å². The minimum atomic E-state index is -4.47. The van der Waals surface area contributed by atoms with Gasteiger partial charge in [0.2, 0.25) is 11.6 Å². The van der Waals surface area contributed by atoms with Gasteiger partial charge in [0.1, 0.15) is 6.54 Å². The molecule has 2 atom stereocenters. The molecule has 0 saturated heterocycles. The number of nitrogens with zero attached hydrogens (tertiary/aromatic N) is 2. The molecule has 0 aliphatic carbocycles. The number of carboxylic acids is 1. The Hall–Kier alpha value is -4.23. The second-order valence-electron chi connectivity index (χ2n) is 16.3. The summed E-state index contributed by atoms with van der Waals surface area (Å²) < 4.78 is 220. The monoisotopic (exact) mass is 992 g/mol. The number of benzene rings is 2. The highest BCUT2D eigenvalue weighted by molar-refractivity contribution is 7.86. The van der Waals surface area contributed by atoms with E-state index in [-0.39, 0.29) is 102 Å². The summed E-state index contributed by atoms with van der Waals surface area (Å²) in [7, 11) is -13.4. The first-order valence-electron chi connectivity index (χ1n) is 20.3. The number of carbonyl (C=O) groups is 1. The van der Waals surface area contributed by atoms with Crippen LogP contribution in [0.15, 0.2) is 36.1 Å². The van der Waals surface area contributed by atoms with Crippen LogP contribution >= 0.6 is 0 Å². The maximum Gasteiger partial charge on any atom is 0.264 e. The van der Waals surface area contributed by atoms with Gasteiger partial charge in [-0.3, -0.25) is 13.7 Å². The maximum absolute atomic E-state index is 15.8. The molecular formula is C41H48F8N2O11S3. The van der Waals surface area contributed by atoms with Crippen LogP contribution in [-0.2, 0) is 46.0 Å². The topological polar surface area (TPSA) is 209 Å². The SMILES string of the molecule is CC1(CCCCS(=O)(=O)O)C(=CC=CC=CC2=[N+](CCCCCC(=O)[O-])c3c(F)c(F)c(F)c(F)c3C2(C)CCCCS(=O)(=O)O)N(CCCCS(=O)(=O)O)c2c(F)c(F)c(F)c(F)c21. The van der Waals surface area contributed by atoms with E-state index in [1.807, 2.05) is 0 Å². The summed E-state index contributed by atoms with van der Waals surface area (Å²) >= 11 is 0. The molecule has 2 aliphatic rings. The zero-order valence-electron chi connectivity index (χ0n) is 35.2. The molecule has 0 saturated carbocycles. The standard InChI is InChI=1S/C41H48F8N2O11S3/c1-40(18-8-12-22-63(54,55)56)25(50(20-10-4-7-17-27(52)53)38-28(40)30(42)32(44)34(46)36(38)48)15-5-3-6-16-26-41(2,19-9-13-23-64(57,58)59)29-31(43)33(45)35(47)37(49)39(29)51(26)21-11-14-24-65(60,61)62/h3,5-6,15-16H,4,7-14,17-24H2,1-2H3,(H3-,52,53,54,55,56,57,58,59,60,61,62). The zero-order valence-corrected chi connectivity index (χ0v) is 37.6. The van der Waals surface area contributed by atoms with Gasteiger partial charge in [0.15, 0.2) is 40.6 Å². The van der Waals surface area contributed by atoms with Crippen molar-refractivity contribution in [1.82, 2.24) is 0 Å². The lowest BCUT2D eigenvalue weighted by atomic mass is 9.75. The van der Waals surface area contributed by atoms with Crippen LogP contribution in [0.25, 0.3) is 0 Å². The van der Waals surface area contributed by atoms with Gasteiger partial charge in [-0.05, 0) is 77.7 Å². The van der Waals surface area contributed by atoms with E-state index in [2.05, 4.69) is 0 Å². The number of hydrogen-bond donors (Lipinski definition) is 3. The van der Waals surface area contributed by atoms with Crippen molar-refractivity contribution in [2.45, 2.75) is 102 Å². The molecule has 13 nitrogen and oxygen atoms in total. The van der Waals surface area contributed by atoms with E-state index in [1.165, 1.54) is 48.8 Å². The summed E-state index contributed by atoms with van der Waals surface area (Å²) in [5.41, 5.74) is -6.16. The molecule has 0 bridgehead atoms. The van der Waals surface area contributed by atoms with Crippen LogP contribution in [0.2, 0.25) is 0 Å². The molecule has 2 aromatic rings.